The monoisotopic (exact) mass is 630 g/mol. The maximum atomic E-state index is 13.8. The van der Waals surface area contributed by atoms with Crippen molar-refractivity contribution in [3.8, 4) is 0 Å². The highest BCUT2D eigenvalue weighted by Gasteiger charge is 2.07. The predicted octanol–water partition coefficient (Wildman–Crippen LogP) is 10.0. The van der Waals surface area contributed by atoms with Crippen LogP contribution < -0.4 is 0 Å². The van der Waals surface area contributed by atoms with Crippen LogP contribution in [0.5, 0.6) is 0 Å². The van der Waals surface area contributed by atoms with E-state index < -0.39 is 0 Å². The van der Waals surface area contributed by atoms with Gasteiger partial charge in [-0.05, 0) is 39.2 Å². The van der Waals surface area contributed by atoms with E-state index in [9.17, 15) is 8.78 Å². The van der Waals surface area contributed by atoms with Crippen LogP contribution in [0.4, 0.5) is 8.78 Å². The summed E-state index contributed by atoms with van der Waals surface area (Å²) in [5.74, 6) is 1.17. The van der Waals surface area contributed by atoms with E-state index in [1.165, 1.54) is 46.4 Å². The minimum Gasteiger partial charge on any atom is -0.245 e. The van der Waals surface area contributed by atoms with Crippen molar-refractivity contribution in [2.45, 2.75) is 16.4 Å². The number of nitrogens with zero attached hydrogens (tertiary/aromatic N) is 2. The molecule has 2 aromatic heterocycles. The van der Waals surface area contributed by atoms with Gasteiger partial charge < -0.3 is 0 Å². The van der Waals surface area contributed by atoms with E-state index in [4.69, 9.17) is 0 Å². The third kappa shape index (κ3) is 8.09. The molecule has 0 unspecified atom stereocenters. The van der Waals surface area contributed by atoms with E-state index in [2.05, 4.69) is 62.8 Å². The lowest BCUT2D eigenvalue weighted by Gasteiger charge is -2.03. The van der Waals surface area contributed by atoms with Gasteiger partial charge in [0.1, 0.15) is 11.6 Å². The molecule has 0 aliphatic heterocycles. The number of rotatable bonds is 4. The average molecular weight is 632 g/mol. The Morgan fingerprint density at radius 3 is 1.84 bits per heavy atom. The minimum absolute atomic E-state index is 0.186. The molecule has 6 aromatic rings. The fourth-order valence-corrected chi connectivity index (χ4v) is 6.23. The molecule has 4 aromatic carbocycles. The van der Waals surface area contributed by atoms with Crippen LogP contribution in [-0.4, -0.2) is 9.97 Å². The topological polar surface area (TPSA) is 25.8 Å². The van der Waals surface area contributed by atoms with Gasteiger partial charge in [-0.15, -0.1) is 34.4 Å². The van der Waals surface area contributed by atoms with Gasteiger partial charge in [0.25, 0.3) is 0 Å². The number of halogens is 3. The van der Waals surface area contributed by atoms with Gasteiger partial charge in [-0.25, -0.2) is 18.7 Å². The number of fused-ring (bicyclic) bond motifs is 2. The molecule has 0 saturated carbocycles. The van der Waals surface area contributed by atoms with Crippen molar-refractivity contribution in [2.24, 2.45) is 0 Å². The third-order valence-corrected chi connectivity index (χ3v) is 8.68. The van der Waals surface area contributed by atoms with Crippen LogP contribution in [0, 0.1) is 11.6 Å². The third-order valence-electron chi connectivity index (χ3n) is 5.02. The molecular weight excluding hydrogens is 610 g/mol. The van der Waals surface area contributed by atoms with E-state index in [-0.39, 0.29) is 11.6 Å². The molecule has 0 radical (unpaired) electrons. The van der Waals surface area contributed by atoms with E-state index in [1.807, 2.05) is 42.5 Å². The molecule has 9 heteroatoms. The van der Waals surface area contributed by atoms with Crippen molar-refractivity contribution in [2.75, 3.05) is 0 Å². The molecule has 37 heavy (non-hydrogen) atoms. The summed E-state index contributed by atoms with van der Waals surface area (Å²) < 4.78 is 29.2. The molecule has 0 atom stereocenters. The van der Waals surface area contributed by atoms with Crippen LogP contribution in [-0.2, 0) is 11.5 Å². The van der Waals surface area contributed by atoms with Crippen LogP contribution in [0.1, 0.15) is 11.1 Å². The Bertz CT molecular complexity index is 1520. The Balaban J connectivity index is 0.000000143. The normalized spacial score (nSPS) is 10.5. The number of thiol groups is 1. The molecule has 6 rings (SSSR count). The van der Waals surface area contributed by atoms with Crippen molar-refractivity contribution < 1.29 is 8.78 Å². The predicted molar refractivity (Wildman–Crippen MR) is 162 cm³/mol. The summed E-state index contributed by atoms with van der Waals surface area (Å²) in [4.78, 5) is 8.78. The Hall–Kier alpha value is -2.30. The van der Waals surface area contributed by atoms with Gasteiger partial charge in [0.2, 0.25) is 0 Å². The summed E-state index contributed by atoms with van der Waals surface area (Å²) in [5.41, 5.74) is 7.38. The van der Waals surface area contributed by atoms with Gasteiger partial charge in [0, 0.05) is 28.5 Å². The van der Waals surface area contributed by atoms with Crippen molar-refractivity contribution in [3.05, 3.63) is 123 Å². The second-order valence-electron chi connectivity index (χ2n) is 7.61. The maximum absolute atomic E-state index is 13.8. The van der Waals surface area contributed by atoms with Crippen LogP contribution in [0.3, 0.4) is 0 Å². The number of aromatic nitrogens is 2. The van der Waals surface area contributed by atoms with Gasteiger partial charge >= 0.3 is 0 Å². The van der Waals surface area contributed by atoms with E-state index in [0.717, 1.165) is 31.9 Å². The van der Waals surface area contributed by atoms with Crippen LogP contribution >= 0.6 is 63.0 Å². The van der Waals surface area contributed by atoms with Crippen molar-refractivity contribution in [1.82, 2.24) is 9.97 Å². The van der Waals surface area contributed by atoms with Crippen LogP contribution in [0.15, 0.2) is 105 Å². The molecule has 0 saturated heterocycles. The lowest BCUT2D eigenvalue weighted by atomic mass is 10.2. The summed E-state index contributed by atoms with van der Waals surface area (Å²) >= 11 is 11.8. The average Bonchev–Trinajstić information content (AvgIpc) is 3.58. The molecule has 0 N–H and O–H groups in total. The van der Waals surface area contributed by atoms with Gasteiger partial charge in [-0.1, -0.05) is 60.7 Å². The number of thioether (sulfide) groups is 1. The highest BCUT2D eigenvalue weighted by atomic mass is 79.9. The summed E-state index contributed by atoms with van der Waals surface area (Å²) in [5, 5.41) is 0. The number of hydrogen-bond donors (Lipinski definition) is 1. The van der Waals surface area contributed by atoms with Crippen LogP contribution in [0.25, 0.3) is 20.4 Å². The maximum Gasteiger partial charge on any atom is 0.139 e. The number of thiazole rings is 2. The zero-order valence-corrected chi connectivity index (χ0v) is 24.3. The number of hydrogen-bond acceptors (Lipinski definition) is 6. The summed E-state index contributed by atoms with van der Waals surface area (Å²) in [7, 11) is 0. The first kappa shape index (κ1) is 27.7. The van der Waals surface area contributed by atoms with Crippen molar-refractivity contribution >= 4 is 83.4 Å². The molecule has 0 aliphatic rings. The molecule has 2 heterocycles. The molecule has 0 spiro atoms. The largest absolute Gasteiger partial charge is 0.245 e. The minimum atomic E-state index is -0.261. The smallest absolute Gasteiger partial charge is 0.139 e. The van der Waals surface area contributed by atoms with E-state index >= 15 is 0 Å². The summed E-state index contributed by atoms with van der Waals surface area (Å²) in [6.45, 7) is 0. The highest BCUT2D eigenvalue weighted by Crippen LogP contribution is 2.30. The Kier molecular flexibility index (Phi) is 10.5. The first-order chi connectivity index (χ1) is 18.0. The van der Waals surface area contributed by atoms with E-state index in [0.29, 0.717) is 9.37 Å². The van der Waals surface area contributed by atoms with Gasteiger partial charge in [0.15, 0.2) is 0 Å². The van der Waals surface area contributed by atoms with Crippen LogP contribution in [0.2, 0.25) is 0 Å². The summed E-state index contributed by atoms with van der Waals surface area (Å²) in [6, 6.07) is 26.8. The standard InChI is InChI=1S/C14H10FNS2.C7H3BrFNS.C7H8S/c15-11-6-12-14(18-9-16-12)7-13(11)17-8-10-4-2-1-3-5-10;8-4-1-7-6(2-5(4)9)10-3-11-7;8-6-7-4-2-1-3-5-7/h1-7,9H,8H2;1-3H;1-5,8H,6H2. The summed E-state index contributed by atoms with van der Waals surface area (Å²) in [6.07, 6.45) is 0. The van der Waals surface area contributed by atoms with Gasteiger partial charge in [0.05, 0.1) is 35.9 Å². The SMILES string of the molecule is Fc1cc2ncsc2cc1Br.Fc1cc2ncsc2cc1SCc1ccccc1.SCc1ccccc1. The highest BCUT2D eigenvalue weighted by molar-refractivity contribution is 9.10. The molecule has 188 valence electrons. The molecule has 0 fully saturated rings. The van der Waals surface area contributed by atoms with Crippen molar-refractivity contribution in [1.29, 1.82) is 0 Å². The van der Waals surface area contributed by atoms with Crippen molar-refractivity contribution in [3.63, 3.8) is 0 Å². The zero-order valence-electron chi connectivity index (χ0n) is 19.4. The molecule has 0 aliphatic carbocycles. The second kappa shape index (κ2) is 14.0. The second-order valence-corrected chi connectivity index (χ2v) is 11.6. The lowest BCUT2D eigenvalue weighted by Crippen LogP contribution is -1.84. The number of benzene rings is 4. The first-order valence-electron chi connectivity index (χ1n) is 11.1. The van der Waals surface area contributed by atoms with Gasteiger partial charge in [-0.3, -0.25) is 0 Å². The first-order valence-corrected chi connectivity index (χ1v) is 15.2. The Morgan fingerprint density at radius 2 is 1.27 bits per heavy atom. The van der Waals surface area contributed by atoms with E-state index in [1.54, 1.807) is 28.4 Å². The fourth-order valence-electron chi connectivity index (χ4n) is 3.14. The fraction of sp³-hybridized carbons (Fsp3) is 0.0714. The Morgan fingerprint density at radius 1 is 0.730 bits per heavy atom. The Labute approximate surface area is 240 Å². The lowest BCUT2D eigenvalue weighted by molar-refractivity contribution is 0.604. The molecular formula is C28H21BrF2N2S4. The molecule has 0 amide bonds. The zero-order chi connectivity index (χ0) is 26.0. The van der Waals surface area contributed by atoms with Gasteiger partial charge in [-0.2, -0.15) is 12.6 Å². The molecule has 2 nitrogen and oxygen atoms in total. The molecule has 0 bridgehead atoms. The quantitative estimate of drug-likeness (QED) is 0.155.